The molecule has 0 aliphatic carbocycles. The highest BCUT2D eigenvalue weighted by Gasteiger charge is 2.33. The summed E-state index contributed by atoms with van der Waals surface area (Å²) in [4.78, 5) is 0. The molecule has 1 unspecified atom stereocenters. The molecule has 2 aliphatic rings. The van der Waals surface area contributed by atoms with E-state index in [9.17, 15) is 5.21 Å². The van der Waals surface area contributed by atoms with Gasteiger partial charge in [0.15, 0.2) is 6.67 Å². The predicted molar refractivity (Wildman–Crippen MR) is 71.9 cm³/mol. The third-order valence-electron chi connectivity index (χ3n) is 3.88. The van der Waals surface area contributed by atoms with Gasteiger partial charge in [-0.2, -0.15) is 0 Å². The zero-order chi connectivity index (χ0) is 12.4. The molecule has 96 valence electrons. The molecule has 4 heteroatoms. The van der Waals surface area contributed by atoms with Crippen molar-refractivity contribution in [3.8, 4) is 0 Å². The summed E-state index contributed by atoms with van der Waals surface area (Å²) < 4.78 is -0.216. The van der Waals surface area contributed by atoms with Gasteiger partial charge in [0, 0.05) is 31.5 Å². The van der Waals surface area contributed by atoms with Crippen LogP contribution in [-0.4, -0.2) is 30.4 Å². The van der Waals surface area contributed by atoms with E-state index < -0.39 is 0 Å². The van der Waals surface area contributed by atoms with Gasteiger partial charge in [-0.3, -0.25) is 0 Å². The van der Waals surface area contributed by atoms with Crippen molar-refractivity contribution in [3.05, 3.63) is 47.3 Å². The molecule has 3 rings (SSSR count). The third-order valence-corrected chi connectivity index (χ3v) is 3.88. The third kappa shape index (κ3) is 2.14. The van der Waals surface area contributed by atoms with Crippen LogP contribution in [0.5, 0.6) is 0 Å². The van der Waals surface area contributed by atoms with Crippen molar-refractivity contribution in [2.75, 3.05) is 19.8 Å². The van der Waals surface area contributed by atoms with Gasteiger partial charge in [0.05, 0.1) is 6.04 Å². The molecule has 2 aliphatic heterocycles. The van der Waals surface area contributed by atoms with E-state index in [-0.39, 0.29) is 10.7 Å². The van der Waals surface area contributed by atoms with Gasteiger partial charge in [-0.15, -0.1) is 0 Å². The van der Waals surface area contributed by atoms with Crippen LogP contribution >= 0.6 is 0 Å². The van der Waals surface area contributed by atoms with Gasteiger partial charge in [-0.25, -0.2) is 0 Å². The summed E-state index contributed by atoms with van der Waals surface area (Å²) in [5.74, 6) is 0. The Kier molecular flexibility index (Phi) is 3.07. The van der Waals surface area contributed by atoms with Gasteiger partial charge in [-0.1, -0.05) is 30.3 Å². The number of benzene rings is 1. The monoisotopic (exact) mass is 245 g/mol. The molecule has 1 aromatic carbocycles. The number of piperidine rings is 1. The summed E-state index contributed by atoms with van der Waals surface area (Å²) in [7, 11) is 0. The molecule has 0 radical (unpaired) electrons. The van der Waals surface area contributed by atoms with Gasteiger partial charge in [-0.05, 0) is 0 Å². The van der Waals surface area contributed by atoms with Crippen LogP contribution in [0.15, 0.2) is 36.5 Å². The number of rotatable bonds is 2. The zero-order valence-corrected chi connectivity index (χ0v) is 10.4. The minimum Gasteiger partial charge on any atom is -0.626 e. The fourth-order valence-corrected chi connectivity index (χ4v) is 2.79. The van der Waals surface area contributed by atoms with Gasteiger partial charge in [0.25, 0.3) is 0 Å². The van der Waals surface area contributed by atoms with Crippen molar-refractivity contribution < 1.29 is 4.65 Å². The van der Waals surface area contributed by atoms with E-state index >= 15 is 0 Å². The van der Waals surface area contributed by atoms with Gasteiger partial charge in [0.1, 0.15) is 11.9 Å². The molecule has 2 N–H and O–H groups in total. The fourth-order valence-electron chi connectivity index (χ4n) is 2.79. The second-order valence-electron chi connectivity index (χ2n) is 5.08. The van der Waals surface area contributed by atoms with E-state index in [0.29, 0.717) is 6.67 Å². The molecule has 2 heterocycles. The largest absolute Gasteiger partial charge is 0.626 e. The molecule has 0 aromatic heterocycles. The fraction of sp³-hybridized carbons (Fsp3) is 0.429. The van der Waals surface area contributed by atoms with Gasteiger partial charge >= 0.3 is 0 Å². The van der Waals surface area contributed by atoms with Crippen LogP contribution in [0.1, 0.15) is 18.4 Å². The summed E-state index contributed by atoms with van der Waals surface area (Å²) >= 11 is 0. The summed E-state index contributed by atoms with van der Waals surface area (Å²) in [5.41, 5.74) is 2.08. The molecular formula is C14H19N3O. The molecule has 4 nitrogen and oxygen atoms in total. The number of hydrogen-bond acceptors (Lipinski definition) is 3. The molecule has 0 amide bonds. The summed E-state index contributed by atoms with van der Waals surface area (Å²) in [6.07, 6.45) is 3.78. The Bertz CT molecular complexity index is 440. The maximum atomic E-state index is 12.8. The van der Waals surface area contributed by atoms with E-state index in [1.807, 2.05) is 36.5 Å². The molecule has 0 saturated carbocycles. The highest BCUT2D eigenvalue weighted by Crippen LogP contribution is 2.28. The van der Waals surface area contributed by atoms with Crippen LogP contribution < -0.4 is 10.6 Å². The van der Waals surface area contributed by atoms with Crippen molar-refractivity contribution in [1.82, 2.24) is 10.6 Å². The van der Waals surface area contributed by atoms with Crippen molar-refractivity contribution in [1.29, 1.82) is 0 Å². The topological polar surface area (TPSA) is 47.1 Å². The van der Waals surface area contributed by atoms with E-state index in [1.165, 1.54) is 0 Å². The Hall–Kier alpha value is -1.36. The Labute approximate surface area is 107 Å². The number of nitrogens with zero attached hydrogens (tertiary/aromatic N) is 1. The molecule has 1 aromatic rings. The predicted octanol–water partition coefficient (Wildman–Crippen LogP) is 1.61. The molecule has 0 bridgehead atoms. The highest BCUT2D eigenvalue weighted by molar-refractivity contribution is 5.63. The van der Waals surface area contributed by atoms with Crippen LogP contribution in [0, 0.1) is 5.21 Å². The standard InChI is InChI=1S/C14H19N3O/c18-17(13-6-8-15-9-7-13)10-14(16-11-17)12-4-2-1-3-5-12/h1-5,10,13,15-16H,6-9,11H2. The first kappa shape index (κ1) is 11.7. The Morgan fingerprint density at radius 2 is 1.83 bits per heavy atom. The normalized spacial score (nSPS) is 28.8. The molecule has 1 saturated heterocycles. The molecule has 1 atom stereocenters. The van der Waals surface area contributed by atoms with Crippen molar-refractivity contribution in [3.63, 3.8) is 0 Å². The first-order valence-electron chi connectivity index (χ1n) is 6.59. The number of quaternary nitrogens is 1. The van der Waals surface area contributed by atoms with Crippen LogP contribution in [-0.2, 0) is 0 Å². The van der Waals surface area contributed by atoms with Crippen LogP contribution in [0.25, 0.3) is 5.70 Å². The smallest absolute Gasteiger partial charge is 0.156 e. The van der Waals surface area contributed by atoms with E-state index in [4.69, 9.17) is 0 Å². The van der Waals surface area contributed by atoms with E-state index in [2.05, 4.69) is 10.6 Å². The van der Waals surface area contributed by atoms with Crippen LogP contribution in [0.3, 0.4) is 0 Å². The number of nitrogens with one attached hydrogen (secondary N) is 2. The van der Waals surface area contributed by atoms with Gasteiger partial charge in [0.2, 0.25) is 0 Å². The Balaban J connectivity index is 1.81. The number of hydroxylamine groups is 3. The maximum Gasteiger partial charge on any atom is 0.156 e. The Morgan fingerprint density at radius 3 is 2.56 bits per heavy atom. The van der Waals surface area contributed by atoms with E-state index in [0.717, 1.165) is 37.2 Å². The van der Waals surface area contributed by atoms with Gasteiger partial charge < -0.3 is 20.5 Å². The summed E-state index contributed by atoms with van der Waals surface area (Å²) in [6.45, 7) is 2.39. The lowest BCUT2D eigenvalue weighted by molar-refractivity contribution is -0.853. The second kappa shape index (κ2) is 4.72. The quantitative estimate of drug-likeness (QED) is 0.615. The first-order valence-corrected chi connectivity index (χ1v) is 6.59. The minimum absolute atomic E-state index is 0.194. The van der Waals surface area contributed by atoms with Crippen LogP contribution in [0.2, 0.25) is 0 Å². The summed E-state index contributed by atoms with van der Waals surface area (Å²) in [5, 5.41) is 19.4. The lowest BCUT2D eigenvalue weighted by Gasteiger charge is -2.44. The van der Waals surface area contributed by atoms with E-state index in [1.54, 1.807) is 0 Å². The first-order chi connectivity index (χ1) is 8.78. The lowest BCUT2D eigenvalue weighted by Crippen LogP contribution is -2.51. The lowest BCUT2D eigenvalue weighted by atomic mass is 10.1. The molecule has 1 fully saturated rings. The summed E-state index contributed by atoms with van der Waals surface area (Å²) in [6, 6.07) is 10.3. The zero-order valence-electron chi connectivity index (χ0n) is 10.4. The maximum absolute atomic E-state index is 12.8. The highest BCUT2D eigenvalue weighted by atomic mass is 16.6. The molecule has 0 spiro atoms. The minimum atomic E-state index is -0.216. The number of hydrogen-bond donors (Lipinski definition) is 2. The van der Waals surface area contributed by atoms with Crippen LogP contribution in [0.4, 0.5) is 0 Å². The van der Waals surface area contributed by atoms with Crippen molar-refractivity contribution in [2.45, 2.75) is 18.9 Å². The van der Waals surface area contributed by atoms with Crippen molar-refractivity contribution in [2.24, 2.45) is 0 Å². The molecular weight excluding hydrogens is 226 g/mol. The average molecular weight is 245 g/mol. The SMILES string of the molecule is [O-][N+]1(C2CCNCC2)C=C(c2ccccc2)NC1. The molecule has 18 heavy (non-hydrogen) atoms. The van der Waals surface area contributed by atoms with Crippen molar-refractivity contribution >= 4 is 5.70 Å². The average Bonchev–Trinajstić information content (AvgIpc) is 2.85. The second-order valence-corrected chi connectivity index (χ2v) is 5.08. The Morgan fingerprint density at radius 1 is 1.11 bits per heavy atom.